The lowest BCUT2D eigenvalue weighted by atomic mass is 10.2. The highest BCUT2D eigenvalue weighted by molar-refractivity contribution is 7.98. The first-order chi connectivity index (χ1) is 13.4. The van der Waals surface area contributed by atoms with E-state index in [4.69, 9.17) is 4.42 Å². The molecule has 0 atom stereocenters. The number of hydrogen-bond acceptors (Lipinski definition) is 7. The van der Waals surface area contributed by atoms with Gasteiger partial charge in [-0.15, -0.1) is 16.9 Å². The number of carbonyl (C=O) groups excluding carboxylic acids is 1. The van der Waals surface area contributed by atoms with Crippen LogP contribution in [0.5, 0.6) is 0 Å². The molecule has 0 fully saturated rings. The third kappa shape index (κ3) is 4.96. The van der Waals surface area contributed by atoms with Gasteiger partial charge in [0.25, 0.3) is 0 Å². The Morgan fingerprint density at radius 1 is 1.18 bits per heavy atom. The van der Waals surface area contributed by atoms with Gasteiger partial charge in [-0.05, 0) is 48.7 Å². The summed E-state index contributed by atoms with van der Waals surface area (Å²) < 4.78 is 42.7. The SMILES string of the molecule is CSc1cccc(-c2nnc(NC(=O)CCS(=O)(=O)c3ccc(F)cc3)o2)c1. The lowest BCUT2D eigenvalue weighted by molar-refractivity contribution is -0.115. The standard InChI is InChI=1S/C18H16FN3O4S2/c1-27-14-4-2-3-12(11-14)17-21-22-18(26-17)20-16(23)9-10-28(24,25)15-7-5-13(19)6-8-15/h2-8,11H,9-10H2,1H3,(H,20,22,23). The van der Waals surface area contributed by atoms with Gasteiger partial charge in [-0.1, -0.05) is 11.2 Å². The second-order valence-electron chi connectivity index (χ2n) is 5.72. The number of sulfone groups is 1. The van der Waals surface area contributed by atoms with Gasteiger partial charge in [0.15, 0.2) is 9.84 Å². The second kappa shape index (κ2) is 8.53. The van der Waals surface area contributed by atoms with E-state index < -0.39 is 27.3 Å². The van der Waals surface area contributed by atoms with E-state index in [9.17, 15) is 17.6 Å². The van der Waals surface area contributed by atoms with Crippen LogP contribution in [0.4, 0.5) is 10.4 Å². The van der Waals surface area contributed by atoms with E-state index in [0.717, 1.165) is 29.2 Å². The Morgan fingerprint density at radius 3 is 2.64 bits per heavy atom. The summed E-state index contributed by atoms with van der Waals surface area (Å²) in [6.45, 7) is 0. The summed E-state index contributed by atoms with van der Waals surface area (Å²) in [6, 6.07) is 11.8. The molecule has 2 aromatic carbocycles. The molecule has 0 aliphatic heterocycles. The van der Waals surface area contributed by atoms with Crippen molar-refractivity contribution < 1.29 is 22.0 Å². The van der Waals surface area contributed by atoms with Crippen LogP contribution in [0.2, 0.25) is 0 Å². The summed E-state index contributed by atoms with van der Waals surface area (Å²) in [5.41, 5.74) is 0.707. The number of amides is 1. The summed E-state index contributed by atoms with van der Waals surface area (Å²) in [6.07, 6.45) is 1.64. The largest absolute Gasteiger partial charge is 0.403 e. The predicted molar refractivity (Wildman–Crippen MR) is 103 cm³/mol. The second-order valence-corrected chi connectivity index (χ2v) is 8.70. The molecule has 0 aliphatic rings. The molecule has 0 saturated heterocycles. The van der Waals surface area contributed by atoms with Crippen molar-refractivity contribution in [2.24, 2.45) is 0 Å². The molecule has 146 valence electrons. The number of anilines is 1. The van der Waals surface area contributed by atoms with Gasteiger partial charge in [-0.3, -0.25) is 10.1 Å². The topological polar surface area (TPSA) is 102 Å². The van der Waals surface area contributed by atoms with E-state index >= 15 is 0 Å². The molecule has 0 spiro atoms. The van der Waals surface area contributed by atoms with Crippen molar-refractivity contribution in [2.75, 3.05) is 17.3 Å². The normalized spacial score (nSPS) is 11.4. The van der Waals surface area contributed by atoms with Crippen LogP contribution in [0.1, 0.15) is 6.42 Å². The molecule has 1 aromatic heterocycles. The Bertz CT molecular complexity index is 1080. The number of nitrogens with zero attached hydrogens (tertiary/aromatic N) is 2. The first-order valence-corrected chi connectivity index (χ1v) is 11.0. The van der Waals surface area contributed by atoms with Crippen molar-refractivity contribution in [3.63, 3.8) is 0 Å². The quantitative estimate of drug-likeness (QED) is 0.461. The minimum Gasteiger partial charge on any atom is -0.403 e. The van der Waals surface area contributed by atoms with Crippen LogP contribution < -0.4 is 5.32 Å². The monoisotopic (exact) mass is 421 g/mol. The van der Waals surface area contributed by atoms with Gasteiger partial charge >= 0.3 is 6.01 Å². The predicted octanol–water partition coefficient (Wildman–Crippen LogP) is 3.40. The molecular formula is C18H16FN3O4S2. The number of benzene rings is 2. The number of aromatic nitrogens is 2. The highest BCUT2D eigenvalue weighted by Crippen LogP contribution is 2.24. The summed E-state index contributed by atoms with van der Waals surface area (Å²) >= 11 is 1.57. The summed E-state index contributed by atoms with van der Waals surface area (Å²) in [5, 5.41) is 10.0. The molecule has 1 N–H and O–H groups in total. The van der Waals surface area contributed by atoms with Gasteiger partial charge in [-0.25, -0.2) is 12.8 Å². The van der Waals surface area contributed by atoms with Gasteiger partial charge in [0.1, 0.15) is 5.82 Å². The van der Waals surface area contributed by atoms with Crippen molar-refractivity contribution in [3.05, 3.63) is 54.3 Å². The Hall–Kier alpha value is -2.72. The van der Waals surface area contributed by atoms with Crippen LogP contribution in [0.3, 0.4) is 0 Å². The van der Waals surface area contributed by atoms with Crippen molar-refractivity contribution >= 4 is 33.5 Å². The lowest BCUT2D eigenvalue weighted by Crippen LogP contribution is -2.17. The molecule has 0 unspecified atom stereocenters. The number of nitrogens with one attached hydrogen (secondary N) is 1. The summed E-state index contributed by atoms with van der Waals surface area (Å²) in [4.78, 5) is 13.0. The maximum absolute atomic E-state index is 12.9. The zero-order chi connectivity index (χ0) is 20.1. The molecule has 0 aliphatic carbocycles. The first-order valence-electron chi connectivity index (χ1n) is 8.13. The third-order valence-corrected chi connectivity index (χ3v) is 6.22. The van der Waals surface area contributed by atoms with Gasteiger partial charge in [0.05, 0.1) is 10.6 Å². The van der Waals surface area contributed by atoms with Crippen LogP contribution in [0.25, 0.3) is 11.5 Å². The Labute approximate surface area is 165 Å². The lowest BCUT2D eigenvalue weighted by Gasteiger charge is -2.04. The van der Waals surface area contributed by atoms with Crippen LogP contribution >= 0.6 is 11.8 Å². The smallest absolute Gasteiger partial charge is 0.322 e. The Kier molecular flexibility index (Phi) is 6.10. The average Bonchev–Trinajstić information content (AvgIpc) is 3.15. The molecule has 1 amide bonds. The fraction of sp³-hybridized carbons (Fsp3) is 0.167. The Morgan fingerprint density at radius 2 is 1.93 bits per heavy atom. The molecule has 0 radical (unpaired) electrons. The molecule has 3 rings (SSSR count). The van der Waals surface area contributed by atoms with Gasteiger partial charge < -0.3 is 4.42 Å². The number of carbonyl (C=O) groups is 1. The fourth-order valence-corrected chi connectivity index (χ4v) is 4.02. The maximum atomic E-state index is 12.9. The van der Waals surface area contributed by atoms with Crippen LogP contribution in [0.15, 0.2) is 62.7 Å². The van der Waals surface area contributed by atoms with Crippen molar-refractivity contribution in [1.82, 2.24) is 10.2 Å². The van der Waals surface area contributed by atoms with Crippen LogP contribution in [0, 0.1) is 5.82 Å². The van der Waals surface area contributed by atoms with Gasteiger partial charge in [0, 0.05) is 16.9 Å². The van der Waals surface area contributed by atoms with E-state index in [1.54, 1.807) is 17.8 Å². The molecule has 0 bridgehead atoms. The maximum Gasteiger partial charge on any atom is 0.322 e. The van der Waals surface area contributed by atoms with E-state index in [0.29, 0.717) is 5.56 Å². The first kappa shape index (κ1) is 20.0. The third-order valence-electron chi connectivity index (χ3n) is 3.76. The zero-order valence-corrected chi connectivity index (χ0v) is 16.4. The molecule has 10 heteroatoms. The highest BCUT2D eigenvalue weighted by Gasteiger charge is 2.18. The van der Waals surface area contributed by atoms with E-state index in [2.05, 4.69) is 15.5 Å². The van der Waals surface area contributed by atoms with Gasteiger partial charge in [0.2, 0.25) is 11.8 Å². The van der Waals surface area contributed by atoms with E-state index in [1.165, 1.54) is 0 Å². The zero-order valence-electron chi connectivity index (χ0n) is 14.8. The van der Waals surface area contributed by atoms with E-state index in [1.807, 2.05) is 24.5 Å². The van der Waals surface area contributed by atoms with Crippen molar-refractivity contribution in [1.29, 1.82) is 0 Å². The minimum atomic E-state index is -3.71. The Balaban J connectivity index is 1.61. The van der Waals surface area contributed by atoms with E-state index in [-0.39, 0.29) is 23.2 Å². The average molecular weight is 421 g/mol. The van der Waals surface area contributed by atoms with Crippen LogP contribution in [-0.2, 0) is 14.6 Å². The molecule has 1 heterocycles. The fourth-order valence-electron chi connectivity index (χ4n) is 2.32. The number of thioether (sulfide) groups is 1. The van der Waals surface area contributed by atoms with Crippen molar-refractivity contribution in [2.45, 2.75) is 16.2 Å². The molecule has 7 nitrogen and oxygen atoms in total. The van der Waals surface area contributed by atoms with Gasteiger partial charge in [-0.2, -0.15) is 0 Å². The minimum absolute atomic E-state index is 0.0459. The number of rotatable bonds is 7. The summed E-state index contributed by atoms with van der Waals surface area (Å²) in [7, 11) is -3.71. The molecular weight excluding hydrogens is 405 g/mol. The van der Waals surface area contributed by atoms with Crippen molar-refractivity contribution in [3.8, 4) is 11.5 Å². The number of halogens is 1. The molecule has 28 heavy (non-hydrogen) atoms. The van der Waals surface area contributed by atoms with Crippen LogP contribution in [-0.4, -0.2) is 36.5 Å². The molecule has 3 aromatic rings. The molecule has 0 saturated carbocycles. The summed E-state index contributed by atoms with van der Waals surface area (Å²) in [5.74, 6) is -1.31. The number of hydrogen-bond donors (Lipinski definition) is 1. The highest BCUT2D eigenvalue weighted by atomic mass is 32.2.